The molecule has 1 N–H and O–H groups in total. The van der Waals surface area contributed by atoms with Crippen LogP contribution in [0.25, 0.3) is 0 Å². The van der Waals surface area contributed by atoms with Gasteiger partial charge >= 0.3 is 6.18 Å². The highest BCUT2D eigenvalue weighted by Crippen LogP contribution is 2.31. The first-order valence-electron chi connectivity index (χ1n) is 9.62. The molecule has 30 heavy (non-hydrogen) atoms. The fourth-order valence-electron chi connectivity index (χ4n) is 3.42. The monoisotopic (exact) mass is 427 g/mol. The number of rotatable bonds is 6. The van der Waals surface area contributed by atoms with E-state index in [2.05, 4.69) is 10.2 Å². The lowest BCUT2D eigenvalue weighted by Gasteiger charge is -2.36. The second-order valence-electron chi connectivity index (χ2n) is 7.08. The molecule has 0 saturated carbocycles. The Morgan fingerprint density at radius 1 is 0.967 bits per heavy atom. The Morgan fingerprint density at radius 2 is 1.60 bits per heavy atom. The van der Waals surface area contributed by atoms with Crippen molar-refractivity contribution >= 4 is 11.6 Å². The van der Waals surface area contributed by atoms with Crippen LogP contribution >= 0.6 is 0 Å². The van der Waals surface area contributed by atoms with Crippen molar-refractivity contribution in [1.29, 1.82) is 0 Å². The van der Waals surface area contributed by atoms with E-state index in [0.717, 1.165) is 24.3 Å². The van der Waals surface area contributed by atoms with Gasteiger partial charge in [0, 0.05) is 38.4 Å². The summed E-state index contributed by atoms with van der Waals surface area (Å²) in [5, 5.41) is 2.51. The van der Waals surface area contributed by atoms with Gasteiger partial charge in [0.1, 0.15) is 17.2 Å². The molecule has 3 rings (SSSR count). The van der Waals surface area contributed by atoms with Crippen LogP contribution in [-0.2, 0) is 6.18 Å². The van der Waals surface area contributed by atoms with Crippen LogP contribution in [0.2, 0.25) is 0 Å². The summed E-state index contributed by atoms with van der Waals surface area (Å²) in [6.07, 6.45) is -3.78. The van der Waals surface area contributed by atoms with Gasteiger partial charge in [-0.3, -0.25) is 9.69 Å². The quantitative estimate of drug-likeness (QED) is 0.561. The molecule has 2 aromatic carbocycles. The van der Waals surface area contributed by atoms with E-state index in [1.54, 1.807) is 6.07 Å². The Bertz CT molecular complexity index is 859. The highest BCUT2D eigenvalue weighted by Gasteiger charge is 2.31. The second-order valence-corrected chi connectivity index (χ2v) is 7.08. The summed E-state index contributed by atoms with van der Waals surface area (Å²) in [5.74, 6) is -2.60. The van der Waals surface area contributed by atoms with Crippen molar-refractivity contribution in [2.24, 2.45) is 0 Å². The van der Waals surface area contributed by atoms with Gasteiger partial charge in [0.05, 0.1) is 5.56 Å². The molecule has 1 heterocycles. The Labute approximate surface area is 171 Å². The number of hydrogen-bond donors (Lipinski definition) is 1. The summed E-state index contributed by atoms with van der Waals surface area (Å²) >= 11 is 0. The fourth-order valence-corrected chi connectivity index (χ4v) is 3.42. The molecule has 0 radical (unpaired) electrons. The number of nitrogens with one attached hydrogen (secondary N) is 1. The standard InChI is InChI=1S/C21H22F5N3O/c22-17-6-2-7-18(23)19(17)20(30)27-8-3-9-28-10-12-29(13-11-28)16-5-1-4-15(14-16)21(24,25)26/h1-2,4-7,14H,3,8-13H2,(H,27,30). The van der Waals surface area contributed by atoms with Crippen molar-refractivity contribution in [3.8, 4) is 0 Å². The van der Waals surface area contributed by atoms with Crippen molar-refractivity contribution < 1.29 is 26.7 Å². The molecule has 0 bridgehead atoms. The Morgan fingerprint density at radius 3 is 2.23 bits per heavy atom. The van der Waals surface area contributed by atoms with Crippen molar-refractivity contribution in [2.45, 2.75) is 12.6 Å². The van der Waals surface area contributed by atoms with Crippen LogP contribution in [0.3, 0.4) is 0 Å². The lowest BCUT2D eigenvalue weighted by atomic mass is 10.1. The van der Waals surface area contributed by atoms with Crippen LogP contribution in [0.1, 0.15) is 22.3 Å². The van der Waals surface area contributed by atoms with Gasteiger partial charge in [0.15, 0.2) is 0 Å². The third-order valence-corrected chi connectivity index (χ3v) is 5.04. The van der Waals surface area contributed by atoms with Crippen LogP contribution in [0.5, 0.6) is 0 Å². The molecular formula is C21H22F5N3O. The summed E-state index contributed by atoms with van der Waals surface area (Å²) in [5.41, 5.74) is -0.708. The molecule has 1 amide bonds. The van der Waals surface area contributed by atoms with E-state index in [9.17, 15) is 26.7 Å². The molecule has 1 aliphatic rings. The predicted octanol–water partition coefficient (Wildman–Crippen LogP) is 3.93. The van der Waals surface area contributed by atoms with Gasteiger partial charge in [0.2, 0.25) is 0 Å². The van der Waals surface area contributed by atoms with Crippen LogP contribution in [-0.4, -0.2) is 50.1 Å². The van der Waals surface area contributed by atoms with Gasteiger partial charge in [0.25, 0.3) is 5.91 Å². The van der Waals surface area contributed by atoms with Gasteiger partial charge in [-0.05, 0) is 43.3 Å². The van der Waals surface area contributed by atoms with Crippen molar-refractivity contribution in [3.63, 3.8) is 0 Å². The number of amides is 1. The average molecular weight is 427 g/mol. The molecule has 0 atom stereocenters. The number of hydrogen-bond acceptors (Lipinski definition) is 3. The molecule has 1 saturated heterocycles. The minimum atomic E-state index is -4.37. The SMILES string of the molecule is O=C(NCCCN1CCN(c2cccc(C(F)(F)F)c2)CC1)c1c(F)cccc1F. The number of carbonyl (C=O) groups is 1. The maximum absolute atomic E-state index is 13.6. The molecule has 1 aliphatic heterocycles. The van der Waals surface area contributed by atoms with E-state index in [4.69, 9.17) is 0 Å². The van der Waals surface area contributed by atoms with Gasteiger partial charge in [-0.25, -0.2) is 8.78 Å². The normalized spacial score (nSPS) is 15.3. The maximum atomic E-state index is 13.6. The molecule has 0 aromatic heterocycles. The molecule has 1 fully saturated rings. The zero-order valence-corrected chi connectivity index (χ0v) is 16.2. The smallest absolute Gasteiger partial charge is 0.369 e. The van der Waals surface area contributed by atoms with E-state index in [0.29, 0.717) is 44.8 Å². The Balaban J connectivity index is 1.42. The first kappa shape index (κ1) is 22.0. The Kier molecular flexibility index (Phi) is 6.91. The molecule has 2 aromatic rings. The summed E-state index contributed by atoms with van der Waals surface area (Å²) in [6, 6.07) is 8.55. The predicted molar refractivity (Wildman–Crippen MR) is 103 cm³/mol. The third kappa shape index (κ3) is 5.47. The average Bonchev–Trinajstić information content (AvgIpc) is 2.71. The van der Waals surface area contributed by atoms with Crippen molar-refractivity contribution in [3.05, 3.63) is 65.2 Å². The molecule has 0 aliphatic carbocycles. The number of halogens is 5. The zero-order chi connectivity index (χ0) is 21.7. The number of carbonyl (C=O) groups excluding carboxylic acids is 1. The van der Waals surface area contributed by atoms with E-state index >= 15 is 0 Å². The van der Waals surface area contributed by atoms with E-state index in [1.165, 1.54) is 12.1 Å². The minimum absolute atomic E-state index is 0.264. The van der Waals surface area contributed by atoms with E-state index in [1.807, 2.05) is 4.90 Å². The zero-order valence-electron chi connectivity index (χ0n) is 16.2. The third-order valence-electron chi connectivity index (χ3n) is 5.04. The Hall–Kier alpha value is -2.68. The molecule has 9 heteroatoms. The lowest BCUT2D eigenvalue weighted by molar-refractivity contribution is -0.137. The molecule has 0 spiro atoms. The first-order chi connectivity index (χ1) is 14.3. The maximum Gasteiger partial charge on any atom is 0.416 e. The van der Waals surface area contributed by atoms with Crippen LogP contribution in [0.4, 0.5) is 27.6 Å². The molecule has 0 unspecified atom stereocenters. The van der Waals surface area contributed by atoms with Gasteiger partial charge in [-0.1, -0.05) is 12.1 Å². The van der Waals surface area contributed by atoms with Gasteiger partial charge in [-0.15, -0.1) is 0 Å². The van der Waals surface area contributed by atoms with Crippen LogP contribution in [0, 0.1) is 11.6 Å². The van der Waals surface area contributed by atoms with Gasteiger partial charge < -0.3 is 10.2 Å². The molecule has 4 nitrogen and oxygen atoms in total. The number of nitrogens with zero attached hydrogens (tertiary/aromatic N) is 2. The largest absolute Gasteiger partial charge is 0.416 e. The van der Waals surface area contributed by atoms with Crippen molar-refractivity contribution in [1.82, 2.24) is 10.2 Å². The van der Waals surface area contributed by atoms with E-state index in [-0.39, 0.29) is 6.54 Å². The number of piperazine rings is 1. The molecule has 162 valence electrons. The fraction of sp³-hybridized carbons (Fsp3) is 0.381. The van der Waals surface area contributed by atoms with E-state index < -0.39 is 34.8 Å². The topological polar surface area (TPSA) is 35.6 Å². The van der Waals surface area contributed by atoms with Crippen LogP contribution in [0.15, 0.2) is 42.5 Å². The summed E-state index contributed by atoms with van der Waals surface area (Å²) < 4.78 is 65.8. The highest BCUT2D eigenvalue weighted by atomic mass is 19.4. The van der Waals surface area contributed by atoms with Crippen molar-refractivity contribution in [2.75, 3.05) is 44.2 Å². The minimum Gasteiger partial charge on any atom is -0.369 e. The number of alkyl halides is 3. The number of anilines is 1. The second kappa shape index (κ2) is 9.42. The summed E-state index contributed by atoms with van der Waals surface area (Å²) in [6.45, 7) is 3.46. The lowest BCUT2D eigenvalue weighted by Crippen LogP contribution is -2.47. The number of benzene rings is 2. The van der Waals surface area contributed by atoms with Gasteiger partial charge in [-0.2, -0.15) is 13.2 Å². The first-order valence-corrected chi connectivity index (χ1v) is 9.62. The highest BCUT2D eigenvalue weighted by molar-refractivity contribution is 5.94. The summed E-state index contributed by atoms with van der Waals surface area (Å²) in [4.78, 5) is 16.0. The summed E-state index contributed by atoms with van der Waals surface area (Å²) in [7, 11) is 0. The molecular weight excluding hydrogens is 405 g/mol. The van der Waals surface area contributed by atoms with Crippen LogP contribution < -0.4 is 10.2 Å².